The van der Waals surface area contributed by atoms with Crippen LogP contribution in [0.1, 0.15) is 26.2 Å². The Morgan fingerprint density at radius 1 is 1.21 bits per heavy atom. The third kappa shape index (κ3) is 6.65. The quantitative estimate of drug-likeness (QED) is 0.587. The summed E-state index contributed by atoms with van der Waals surface area (Å²) in [6.45, 7) is 2.35. The van der Waals surface area contributed by atoms with Crippen molar-refractivity contribution in [1.82, 2.24) is 5.32 Å². The topological polar surface area (TPSA) is 128 Å². The maximum Gasteiger partial charge on any atom is 0.313 e. The van der Waals surface area contributed by atoms with Crippen molar-refractivity contribution < 1.29 is 22.7 Å². The van der Waals surface area contributed by atoms with Crippen LogP contribution in [0.2, 0.25) is 0 Å². The van der Waals surface area contributed by atoms with Crippen molar-refractivity contribution in [2.45, 2.75) is 37.1 Å². The summed E-state index contributed by atoms with van der Waals surface area (Å²) in [6.07, 6.45) is 2.59. The molecule has 1 rings (SSSR count). The van der Waals surface area contributed by atoms with Gasteiger partial charge in [-0.2, -0.15) is 0 Å². The summed E-state index contributed by atoms with van der Waals surface area (Å²) in [5, 5.41) is 10.0. The highest BCUT2D eigenvalue weighted by Crippen LogP contribution is 2.12. The Labute approximate surface area is 141 Å². The van der Waals surface area contributed by atoms with Gasteiger partial charge < -0.3 is 15.4 Å². The van der Waals surface area contributed by atoms with Gasteiger partial charge in [0.25, 0.3) is 0 Å². The number of benzene rings is 1. The Morgan fingerprint density at radius 3 is 2.33 bits per heavy atom. The molecule has 8 nitrogen and oxygen atoms in total. The summed E-state index contributed by atoms with van der Waals surface area (Å²) in [5.41, 5.74) is 0.291. The smallest absolute Gasteiger partial charge is 0.313 e. The van der Waals surface area contributed by atoms with Crippen LogP contribution in [0.25, 0.3) is 0 Å². The van der Waals surface area contributed by atoms with Gasteiger partial charge in [0, 0.05) is 12.8 Å². The van der Waals surface area contributed by atoms with Crippen molar-refractivity contribution in [1.29, 1.82) is 0 Å². The minimum absolute atomic E-state index is 0.0790. The van der Waals surface area contributed by atoms with Gasteiger partial charge in [-0.15, -0.1) is 0 Å². The van der Waals surface area contributed by atoms with E-state index >= 15 is 0 Å². The lowest BCUT2D eigenvalue weighted by molar-refractivity contribution is -0.136. The monoisotopic (exact) mass is 357 g/mol. The van der Waals surface area contributed by atoms with Crippen molar-refractivity contribution in [3.63, 3.8) is 0 Å². The summed E-state index contributed by atoms with van der Waals surface area (Å²) in [6, 6.07) is 4.97. The fourth-order valence-electron chi connectivity index (χ4n) is 2.02. The zero-order valence-corrected chi connectivity index (χ0v) is 14.6. The Hall–Kier alpha value is -1.97. The molecule has 0 aromatic heterocycles. The van der Waals surface area contributed by atoms with Gasteiger partial charge >= 0.3 is 11.8 Å². The molecular formula is C15H23N3O5S. The van der Waals surface area contributed by atoms with E-state index < -0.39 is 21.8 Å². The fraction of sp³-hybridized carbons (Fsp3) is 0.467. The molecule has 0 bridgehead atoms. The summed E-state index contributed by atoms with van der Waals surface area (Å²) in [7, 11) is -2.28. The van der Waals surface area contributed by atoms with E-state index in [2.05, 4.69) is 10.6 Å². The van der Waals surface area contributed by atoms with Crippen molar-refractivity contribution in [2.24, 2.45) is 5.14 Å². The molecule has 1 aromatic carbocycles. The SMILES string of the molecule is CCCCC(COC)NC(=O)C(=O)Nc1ccc(S(N)(=O)=O)cc1. The molecule has 0 spiro atoms. The number of sulfonamides is 1. The molecule has 24 heavy (non-hydrogen) atoms. The minimum atomic E-state index is -3.80. The second kappa shape index (κ2) is 9.36. The van der Waals surface area contributed by atoms with E-state index in [0.717, 1.165) is 12.8 Å². The number of methoxy groups -OCH3 is 1. The number of nitrogens with two attached hydrogens (primary N) is 1. The van der Waals surface area contributed by atoms with Crippen molar-refractivity contribution >= 4 is 27.5 Å². The Morgan fingerprint density at radius 2 is 1.83 bits per heavy atom. The van der Waals surface area contributed by atoms with E-state index in [4.69, 9.17) is 9.88 Å². The van der Waals surface area contributed by atoms with Gasteiger partial charge in [0.2, 0.25) is 10.0 Å². The maximum absolute atomic E-state index is 11.9. The lowest BCUT2D eigenvalue weighted by atomic mass is 10.1. The predicted molar refractivity (Wildman–Crippen MR) is 89.8 cm³/mol. The molecule has 0 aliphatic heterocycles. The minimum Gasteiger partial charge on any atom is -0.383 e. The van der Waals surface area contributed by atoms with Crippen LogP contribution < -0.4 is 15.8 Å². The van der Waals surface area contributed by atoms with Crippen LogP contribution in [0.15, 0.2) is 29.2 Å². The molecule has 1 atom stereocenters. The molecule has 0 fully saturated rings. The van der Waals surface area contributed by atoms with E-state index in [-0.39, 0.29) is 10.9 Å². The highest BCUT2D eigenvalue weighted by Gasteiger charge is 2.18. The third-order valence-corrected chi connectivity index (χ3v) is 4.19. The largest absolute Gasteiger partial charge is 0.383 e. The van der Waals surface area contributed by atoms with Gasteiger partial charge in [-0.05, 0) is 30.7 Å². The summed E-state index contributed by atoms with van der Waals surface area (Å²) < 4.78 is 27.3. The number of hydrogen-bond donors (Lipinski definition) is 3. The first-order valence-electron chi connectivity index (χ1n) is 7.51. The molecule has 2 amide bonds. The first-order chi connectivity index (χ1) is 11.3. The lowest BCUT2D eigenvalue weighted by Crippen LogP contribution is -2.43. The molecule has 0 heterocycles. The second-order valence-electron chi connectivity index (χ2n) is 5.29. The zero-order valence-electron chi connectivity index (χ0n) is 13.7. The summed E-state index contributed by atoms with van der Waals surface area (Å²) >= 11 is 0. The number of rotatable bonds is 8. The Balaban J connectivity index is 2.64. The van der Waals surface area contributed by atoms with Crippen molar-refractivity contribution in [3.05, 3.63) is 24.3 Å². The van der Waals surface area contributed by atoms with Crippen LogP contribution in [0.5, 0.6) is 0 Å². The first-order valence-corrected chi connectivity index (χ1v) is 9.06. The third-order valence-electron chi connectivity index (χ3n) is 3.26. The Kier molecular flexibility index (Phi) is 7.83. The van der Waals surface area contributed by atoms with Crippen LogP contribution in [0.4, 0.5) is 5.69 Å². The van der Waals surface area contributed by atoms with E-state index in [1.807, 2.05) is 6.92 Å². The summed E-state index contributed by atoms with van der Waals surface area (Å²) in [4.78, 5) is 23.7. The predicted octanol–water partition coefficient (Wildman–Crippen LogP) is 0.594. The van der Waals surface area contributed by atoms with Gasteiger partial charge in [0.1, 0.15) is 0 Å². The standard InChI is InChI=1S/C15H23N3O5S/c1-3-4-5-12(10-23-2)18-15(20)14(19)17-11-6-8-13(9-7-11)24(16,21)22/h6-9,12H,3-5,10H2,1-2H3,(H,17,19)(H,18,20)(H2,16,21,22). The molecule has 0 saturated heterocycles. The molecule has 0 aliphatic rings. The fourth-order valence-corrected chi connectivity index (χ4v) is 2.53. The van der Waals surface area contributed by atoms with Crippen LogP contribution in [0, 0.1) is 0 Å². The zero-order chi connectivity index (χ0) is 18.2. The van der Waals surface area contributed by atoms with Crippen molar-refractivity contribution in [2.75, 3.05) is 19.0 Å². The molecule has 1 unspecified atom stereocenters. The van der Waals surface area contributed by atoms with Crippen LogP contribution in [-0.2, 0) is 24.3 Å². The van der Waals surface area contributed by atoms with Gasteiger partial charge in [0.05, 0.1) is 17.5 Å². The molecule has 0 saturated carbocycles. The number of anilines is 1. The number of unbranched alkanes of at least 4 members (excludes halogenated alkanes) is 1. The number of amides is 2. The first kappa shape index (κ1) is 20.1. The van der Waals surface area contributed by atoms with Crippen molar-refractivity contribution in [3.8, 4) is 0 Å². The van der Waals surface area contributed by atoms with Crippen LogP contribution in [0.3, 0.4) is 0 Å². The normalized spacial score (nSPS) is 12.5. The van der Waals surface area contributed by atoms with E-state index in [0.29, 0.717) is 18.7 Å². The molecule has 0 radical (unpaired) electrons. The number of hydrogen-bond acceptors (Lipinski definition) is 5. The molecule has 1 aromatic rings. The van der Waals surface area contributed by atoms with Gasteiger partial charge in [-0.25, -0.2) is 13.6 Å². The molecule has 9 heteroatoms. The number of carbonyl (C=O) groups is 2. The van der Waals surface area contributed by atoms with Gasteiger partial charge in [-0.3, -0.25) is 9.59 Å². The average Bonchev–Trinajstić information content (AvgIpc) is 2.52. The highest BCUT2D eigenvalue weighted by molar-refractivity contribution is 7.89. The van der Waals surface area contributed by atoms with E-state index in [1.54, 1.807) is 0 Å². The molecule has 134 valence electrons. The van der Waals surface area contributed by atoms with Crippen LogP contribution in [-0.4, -0.2) is 40.0 Å². The maximum atomic E-state index is 11.9. The number of carbonyl (C=O) groups excluding carboxylic acids is 2. The van der Waals surface area contributed by atoms with E-state index in [1.165, 1.54) is 31.4 Å². The number of nitrogens with one attached hydrogen (secondary N) is 2. The molecule has 4 N–H and O–H groups in total. The van der Waals surface area contributed by atoms with Gasteiger partial charge in [0.15, 0.2) is 0 Å². The highest BCUT2D eigenvalue weighted by atomic mass is 32.2. The van der Waals surface area contributed by atoms with Crippen LogP contribution >= 0.6 is 0 Å². The average molecular weight is 357 g/mol. The molecular weight excluding hydrogens is 334 g/mol. The van der Waals surface area contributed by atoms with E-state index in [9.17, 15) is 18.0 Å². The number of primary sulfonamides is 1. The summed E-state index contributed by atoms with van der Waals surface area (Å²) in [5.74, 6) is -1.61. The Bertz CT molecular complexity index is 658. The lowest BCUT2D eigenvalue weighted by Gasteiger charge is -2.17. The number of ether oxygens (including phenoxy) is 1. The van der Waals surface area contributed by atoms with Gasteiger partial charge in [-0.1, -0.05) is 19.8 Å². The molecule has 0 aliphatic carbocycles. The second-order valence-corrected chi connectivity index (χ2v) is 6.85.